The van der Waals surface area contributed by atoms with E-state index in [4.69, 9.17) is 21.1 Å². The van der Waals surface area contributed by atoms with Gasteiger partial charge in [-0.15, -0.1) is 0 Å². The number of hydrogen-bond acceptors (Lipinski definition) is 7. The van der Waals surface area contributed by atoms with Gasteiger partial charge in [0.15, 0.2) is 0 Å². The van der Waals surface area contributed by atoms with Crippen molar-refractivity contribution in [1.29, 1.82) is 0 Å². The lowest BCUT2D eigenvalue weighted by molar-refractivity contribution is -0.162. The second-order valence-corrected chi connectivity index (χ2v) is 12.0. The standard InChI is InChI=1S/C33H42ClN3O6/c1-2-10-30(39)43-33(28(21-38)26-14-7-4-8-15-26)17-18-37(23-33)36-31(40)29(20-24-11-5-3-6-12-24)35-32(41)42-22-25-13-9-16-27(34)19-25/h4,7-9,13-16,19,21,24,28-29H,2-3,5-6,10-12,17-18,20,22-23H2,1H3,(H,35,41)(H,36,40)/t28?,29-,33?/m0/s1. The summed E-state index contributed by atoms with van der Waals surface area (Å²) in [6.45, 7) is 2.43. The van der Waals surface area contributed by atoms with Crippen molar-refractivity contribution in [2.45, 2.75) is 88.9 Å². The van der Waals surface area contributed by atoms with E-state index >= 15 is 0 Å². The van der Waals surface area contributed by atoms with Crippen LogP contribution in [0, 0.1) is 5.92 Å². The maximum absolute atomic E-state index is 13.7. The molecule has 1 saturated heterocycles. The van der Waals surface area contributed by atoms with Gasteiger partial charge in [-0.25, -0.2) is 9.80 Å². The first-order valence-electron chi connectivity index (χ1n) is 15.3. The second kappa shape index (κ2) is 15.9. The zero-order chi connectivity index (χ0) is 30.7. The number of aldehydes is 1. The minimum Gasteiger partial charge on any atom is -0.456 e. The summed E-state index contributed by atoms with van der Waals surface area (Å²) in [5.41, 5.74) is 3.30. The molecule has 1 heterocycles. The highest BCUT2D eigenvalue weighted by molar-refractivity contribution is 6.30. The molecule has 9 nitrogen and oxygen atoms in total. The monoisotopic (exact) mass is 611 g/mol. The van der Waals surface area contributed by atoms with Gasteiger partial charge in [-0.05, 0) is 42.0 Å². The Balaban J connectivity index is 1.46. The topological polar surface area (TPSA) is 114 Å². The predicted molar refractivity (Wildman–Crippen MR) is 163 cm³/mol. The van der Waals surface area contributed by atoms with Crippen molar-refractivity contribution in [2.75, 3.05) is 13.1 Å². The van der Waals surface area contributed by atoms with Crippen molar-refractivity contribution in [3.05, 3.63) is 70.7 Å². The number of hydrogen-bond donors (Lipinski definition) is 2. The second-order valence-electron chi connectivity index (χ2n) is 11.6. The number of rotatable bonds is 13. The van der Waals surface area contributed by atoms with Crippen molar-refractivity contribution in [2.24, 2.45) is 5.92 Å². The fourth-order valence-electron chi connectivity index (χ4n) is 6.13. The van der Waals surface area contributed by atoms with E-state index in [2.05, 4.69) is 10.7 Å². The van der Waals surface area contributed by atoms with Crippen LogP contribution < -0.4 is 10.7 Å². The van der Waals surface area contributed by atoms with Gasteiger partial charge < -0.3 is 19.6 Å². The molecule has 0 spiro atoms. The lowest BCUT2D eigenvalue weighted by Crippen LogP contribution is -2.54. The van der Waals surface area contributed by atoms with E-state index in [0.29, 0.717) is 36.7 Å². The van der Waals surface area contributed by atoms with Gasteiger partial charge in [0.05, 0.1) is 12.5 Å². The molecule has 1 aliphatic heterocycles. The van der Waals surface area contributed by atoms with Crippen LogP contribution >= 0.6 is 11.6 Å². The van der Waals surface area contributed by atoms with Crippen molar-refractivity contribution in [1.82, 2.24) is 15.8 Å². The van der Waals surface area contributed by atoms with E-state index in [1.165, 1.54) is 6.42 Å². The number of carbonyl (C=O) groups excluding carboxylic acids is 4. The van der Waals surface area contributed by atoms with Crippen LogP contribution in [0.3, 0.4) is 0 Å². The Morgan fingerprint density at radius 1 is 1.09 bits per heavy atom. The molecule has 232 valence electrons. The van der Waals surface area contributed by atoms with Gasteiger partial charge in [0.2, 0.25) is 0 Å². The molecule has 10 heteroatoms. The van der Waals surface area contributed by atoms with Crippen LogP contribution in [-0.2, 0) is 30.5 Å². The van der Waals surface area contributed by atoms with Crippen molar-refractivity contribution >= 4 is 35.9 Å². The van der Waals surface area contributed by atoms with Gasteiger partial charge in [-0.3, -0.25) is 15.0 Å². The summed E-state index contributed by atoms with van der Waals surface area (Å²) in [4.78, 5) is 51.6. The zero-order valence-electron chi connectivity index (χ0n) is 24.8. The minimum absolute atomic E-state index is 0.0223. The number of halogens is 1. The molecule has 2 fully saturated rings. The van der Waals surface area contributed by atoms with E-state index in [-0.39, 0.29) is 31.4 Å². The normalized spacial score (nSPS) is 20.5. The summed E-state index contributed by atoms with van der Waals surface area (Å²) < 4.78 is 11.4. The summed E-state index contributed by atoms with van der Waals surface area (Å²) >= 11 is 6.04. The summed E-state index contributed by atoms with van der Waals surface area (Å²) in [6, 6.07) is 15.5. The highest BCUT2D eigenvalue weighted by atomic mass is 35.5. The molecule has 0 aromatic heterocycles. The largest absolute Gasteiger partial charge is 0.456 e. The smallest absolute Gasteiger partial charge is 0.408 e. The number of carbonyl (C=O) groups is 4. The molecule has 2 amide bonds. The first-order chi connectivity index (χ1) is 20.8. The van der Waals surface area contributed by atoms with Gasteiger partial charge in [0.1, 0.15) is 24.5 Å². The highest BCUT2D eigenvalue weighted by Gasteiger charge is 2.49. The van der Waals surface area contributed by atoms with Crippen molar-refractivity contribution in [3.8, 4) is 0 Å². The molecular weight excluding hydrogens is 570 g/mol. The number of ether oxygens (including phenoxy) is 2. The molecule has 3 atom stereocenters. The van der Waals surface area contributed by atoms with E-state index in [9.17, 15) is 19.2 Å². The molecule has 2 aromatic carbocycles. The quantitative estimate of drug-likeness (QED) is 0.220. The zero-order valence-corrected chi connectivity index (χ0v) is 25.5. The predicted octanol–water partition coefficient (Wildman–Crippen LogP) is 5.71. The van der Waals surface area contributed by atoms with Gasteiger partial charge in [-0.1, -0.05) is 93.1 Å². The molecule has 0 bridgehead atoms. The summed E-state index contributed by atoms with van der Waals surface area (Å²) in [7, 11) is 0. The van der Waals surface area contributed by atoms with Crippen LogP contribution in [0.1, 0.15) is 81.8 Å². The fourth-order valence-corrected chi connectivity index (χ4v) is 6.34. The Morgan fingerprint density at radius 3 is 2.56 bits per heavy atom. The number of nitrogens with zero attached hydrogens (tertiary/aromatic N) is 1. The van der Waals surface area contributed by atoms with Crippen LogP contribution in [0.2, 0.25) is 5.02 Å². The van der Waals surface area contributed by atoms with Gasteiger partial charge in [0, 0.05) is 24.4 Å². The molecule has 1 saturated carbocycles. The molecular formula is C33H42ClN3O6. The Morgan fingerprint density at radius 2 is 1.86 bits per heavy atom. The summed E-state index contributed by atoms with van der Waals surface area (Å²) in [6.07, 6.45) is 7.22. The van der Waals surface area contributed by atoms with Gasteiger partial charge in [0.25, 0.3) is 5.91 Å². The fraction of sp³-hybridized carbons (Fsp3) is 0.515. The van der Waals surface area contributed by atoms with Crippen LogP contribution in [0.4, 0.5) is 4.79 Å². The third-order valence-electron chi connectivity index (χ3n) is 8.33. The Labute approximate surface area is 258 Å². The van der Waals surface area contributed by atoms with E-state index in [1.807, 2.05) is 37.3 Å². The van der Waals surface area contributed by atoms with E-state index in [0.717, 1.165) is 43.1 Å². The number of nitrogens with one attached hydrogen (secondary N) is 2. The van der Waals surface area contributed by atoms with Crippen molar-refractivity contribution in [3.63, 3.8) is 0 Å². The van der Waals surface area contributed by atoms with Gasteiger partial charge >= 0.3 is 12.1 Å². The molecule has 0 radical (unpaired) electrons. The number of esters is 1. The van der Waals surface area contributed by atoms with Crippen LogP contribution in [-0.4, -0.2) is 54.0 Å². The van der Waals surface area contributed by atoms with Gasteiger partial charge in [-0.2, -0.15) is 0 Å². The number of alkyl carbamates (subject to hydrolysis) is 1. The Kier molecular flexibility index (Phi) is 12.0. The first-order valence-corrected chi connectivity index (χ1v) is 15.6. The lowest BCUT2D eigenvalue weighted by atomic mass is 9.82. The molecule has 2 unspecified atom stereocenters. The average molecular weight is 612 g/mol. The molecule has 4 rings (SSSR count). The maximum Gasteiger partial charge on any atom is 0.408 e. The van der Waals surface area contributed by atoms with E-state index in [1.54, 1.807) is 29.3 Å². The van der Waals surface area contributed by atoms with E-state index < -0.39 is 23.7 Å². The SMILES string of the molecule is CCCC(=O)OC1(C(C=O)c2ccccc2)CCN(NC(=O)[C@H](CC2CCCCC2)NC(=O)OCc2cccc(Cl)c2)C1. The minimum atomic E-state index is -1.13. The maximum atomic E-state index is 13.7. The molecule has 2 aromatic rings. The van der Waals surface area contributed by atoms with Crippen molar-refractivity contribution < 1.29 is 28.7 Å². The summed E-state index contributed by atoms with van der Waals surface area (Å²) in [5, 5.41) is 5.01. The first kappa shape index (κ1) is 32.5. The van der Waals surface area contributed by atoms with Crippen LogP contribution in [0.25, 0.3) is 0 Å². The third-order valence-corrected chi connectivity index (χ3v) is 8.56. The van der Waals surface area contributed by atoms with Crippen LogP contribution in [0.5, 0.6) is 0 Å². The molecule has 1 aliphatic carbocycles. The molecule has 2 aliphatic rings. The third kappa shape index (κ3) is 9.28. The molecule has 43 heavy (non-hydrogen) atoms. The Hall–Kier alpha value is -3.43. The van der Waals surface area contributed by atoms with Crippen LogP contribution in [0.15, 0.2) is 54.6 Å². The average Bonchev–Trinajstić information content (AvgIpc) is 3.39. The summed E-state index contributed by atoms with van der Waals surface area (Å²) in [5.74, 6) is -1.14. The number of benzene rings is 2. The lowest BCUT2D eigenvalue weighted by Gasteiger charge is -2.35. The number of hydrazine groups is 1. The Bertz CT molecular complexity index is 1240. The number of amides is 2. The molecule has 2 N–H and O–H groups in total. The highest BCUT2D eigenvalue weighted by Crippen LogP contribution is 2.38.